The molecule has 0 bridgehead atoms. The molecule has 66 valence electrons. The average molecular weight is 165 g/mol. The molecular weight excluding hydrogens is 150 g/mol. The van der Waals surface area contributed by atoms with Crippen molar-refractivity contribution in [2.45, 2.75) is 26.4 Å². The van der Waals surface area contributed by atoms with Gasteiger partial charge in [0.05, 0.1) is 18.1 Å². The molecule has 0 spiro atoms. The monoisotopic (exact) mass is 165 g/mol. The second-order valence-electron chi connectivity index (χ2n) is 3.58. The van der Waals surface area contributed by atoms with Gasteiger partial charge in [0.15, 0.2) is 0 Å². The lowest BCUT2D eigenvalue weighted by atomic mass is 9.75. The van der Waals surface area contributed by atoms with Crippen LogP contribution in [-0.4, -0.2) is 11.2 Å². The number of aliphatic hydroxyl groups is 1. The van der Waals surface area contributed by atoms with Crippen molar-refractivity contribution in [1.29, 1.82) is 5.26 Å². The molecule has 0 unspecified atom stereocenters. The normalized spacial score (nSPS) is 37.3. The van der Waals surface area contributed by atoms with Gasteiger partial charge in [-0.2, -0.15) is 5.26 Å². The molecule has 0 aromatic carbocycles. The van der Waals surface area contributed by atoms with Crippen LogP contribution in [0.2, 0.25) is 0 Å². The minimum atomic E-state index is -0.373. The van der Waals surface area contributed by atoms with Crippen molar-refractivity contribution in [3.05, 3.63) is 12.2 Å². The fourth-order valence-corrected chi connectivity index (χ4v) is 1.82. The minimum Gasteiger partial charge on any atom is -0.393 e. The van der Waals surface area contributed by atoms with Gasteiger partial charge in [-0.1, -0.05) is 19.1 Å². The number of hydrogen-bond donors (Lipinski definition) is 1. The van der Waals surface area contributed by atoms with E-state index in [1.165, 1.54) is 0 Å². The van der Waals surface area contributed by atoms with Gasteiger partial charge in [-0.3, -0.25) is 0 Å². The van der Waals surface area contributed by atoms with E-state index in [2.05, 4.69) is 18.2 Å². The van der Waals surface area contributed by atoms with Crippen molar-refractivity contribution in [1.82, 2.24) is 0 Å². The molecule has 0 aromatic rings. The van der Waals surface area contributed by atoms with Crippen molar-refractivity contribution < 1.29 is 5.11 Å². The number of nitrogens with zero attached hydrogens (tertiary/aromatic N) is 1. The van der Waals surface area contributed by atoms with Crippen LogP contribution in [0.25, 0.3) is 0 Å². The summed E-state index contributed by atoms with van der Waals surface area (Å²) < 4.78 is 0. The summed E-state index contributed by atoms with van der Waals surface area (Å²) in [6, 6.07) is 2.27. The Kier molecular flexibility index (Phi) is 2.88. The summed E-state index contributed by atoms with van der Waals surface area (Å²) in [6.07, 6.45) is 4.59. The smallest absolute Gasteiger partial charge is 0.0665 e. The van der Waals surface area contributed by atoms with E-state index >= 15 is 0 Å². The number of aliphatic hydroxyl groups excluding tert-OH is 1. The van der Waals surface area contributed by atoms with Gasteiger partial charge in [-0.05, 0) is 19.3 Å². The maximum atomic E-state index is 9.41. The van der Waals surface area contributed by atoms with Crippen LogP contribution in [-0.2, 0) is 0 Å². The molecule has 0 heterocycles. The van der Waals surface area contributed by atoms with Crippen LogP contribution < -0.4 is 0 Å². The van der Waals surface area contributed by atoms with Crippen LogP contribution >= 0.6 is 0 Å². The molecule has 1 aliphatic rings. The van der Waals surface area contributed by atoms with Crippen LogP contribution in [0.5, 0.6) is 0 Å². The highest BCUT2D eigenvalue weighted by Crippen LogP contribution is 2.31. The van der Waals surface area contributed by atoms with Gasteiger partial charge in [0.2, 0.25) is 0 Å². The van der Waals surface area contributed by atoms with Crippen LogP contribution in [0.15, 0.2) is 12.2 Å². The van der Waals surface area contributed by atoms with Gasteiger partial charge in [0.1, 0.15) is 0 Å². The molecule has 0 fully saturated rings. The predicted octanol–water partition coefficient (Wildman–Crippen LogP) is 1.72. The summed E-state index contributed by atoms with van der Waals surface area (Å²) in [7, 11) is 0. The Balaban J connectivity index is 2.76. The van der Waals surface area contributed by atoms with Crippen molar-refractivity contribution in [2.75, 3.05) is 0 Å². The third kappa shape index (κ3) is 1.67. The lowest BCUT2D eigenvalue weighted by Gasteiger charge is -2.29. The van der Waals surface area contributed by atoms with Crippen LogP contribution in [0.3, 0.4) is 0 Å². The topological polar surface area (TPSA) is 44.0 Å². The number of nitriles is 1. The van der Waals surface area contributed by atoms with Gasteiger partial charge in [0.25, 0.3) is 0 Å². The van der Waals surface area contributed by atoms with E-state index in [9.17, 15) is 5.11 Å². The van der Waals surface area contributed by atoms with Gasteiger partial charge >= 0.3 is 0 Å². The molecule has 0 radical (unpaired) electrons. The Hall–Kier alpha value is -0.810. The number of allylic oxidation sites excluding steroid dienone is 2. The molecule has 2 heteroatoms. The fraction of sp³-hybridized carbons (Fsp3) is 0.700. The summed E-state index contributed by atoms with van der Waals surface area (Å²) in [5, 5.41) is 18.3. The lowest BCUT2D eigenvalue weighted by molar-refractivity contribution is 0.0900. The summed E-state index contributed by atoms with van der Waals surface area (Å²) in [4.78, 5) is 0. The molecule has 12 heavy (non-hydrogen) atoms. The molecule has 0 saturated heterocycles. The molecule has 1 aliphatic carbocycles. The van der Waals surface area contributed by atoms with Crippen LogP contribution in [0.4, 0.5) is 0 Å². The molecule has 2 nitrogen and oxygen atoms in total. The predicted molar refractivity (Wildman–Crippen MR) is 47.2 cm³/mol. The Morgan fingerprint density at radius 3 is 2.75 bits per heavy atom. The fourth-order valence-electron chi connectivity index (χ4n) is 1.82. The highest BCUT2D eigenvalue weighted by molar-refractivity contribution is 5.07. The molecule has 0 aliphatic heterocycles. The van der Waals surface area contributed by atoms with E-state index in [4.69, 9.17) is 5.26 Å². The first-order valence-electron chi connectivity index (χ1n) is 4.41. The van der Waals surface area contributed by atoms with Crippen molar-refractivity contribution >= 4 is 0 Å². The molecule has 1 rings (SSSR count). The molecule has 1 N–H and O–H groups in total. The Bertz CT molecular complexity index is 214. The highest BCUT2D eigenvalue weighted by atomic mass is 16.3. The summed E-state index contributed by atoms with van der Waals surface area (Å²) >= 11 is 0. The van der Waals surface area contributed by atoms with Gasteiger partial charge in [0, 0.05) is 5.92 Å². The van der Waals surface area contributed by atoms with Crippen molar-refractivity contribution in [3.8, 4) is 6.07 Å². The molecule has 0 saturated carbocycles. The van der Waals surface area contributed by atoms with E-state index in [-0.39, 0.29) is 23.9 Å². The second kappa shape index (κ2) is 3.73. The van der Waals surface area contributed by atoms with E-state index < -0.39 is 0 Å². The lowest BCUT2D eigenvalue weighted by Crippen LogP contribution is -2.30. The highest BCUT2D eigenvalue weighted by Gasteiger charge is 2.30. The Morgan fingerprint density at radius 2 is 2.33 bits per heavy atom. The van der Waals surface area contributed by atoms with Crippen LogP contribution in [0, 0.1) is 29.1 Å². The van der Waals surface area contributed by atoms with E-state index in [0.29, 0.717) is 0 Å². The van der Waals surface area contributed by atoms with Gasteiger partial charge < -0.3 is 5.11 Å². The molecule has 0 aromatic heterocycles. The summed E-state index contributed by atoms with van der Waals surface area (Å²) in [6.45, 7) is 3.79. The first-order valence-corrected chi connectivity index (χ1v) is 4.41. The first kappa shape index (κ1) is 9.28. The number of hydrogen-bond acceptors (Lipinski definition) is 2. The molecule has 4 atom stereocenters. The van der Waals surface area contributed by atoms with E-state index in [1.807, 2.05) is 6.92 Å². The largest absolute Gasteiger partial charge is 0.393 e. The maximum absolute atomic E-state index is 9.41. The Labute approximate surface area is 73.5 Å². The third-order valence-electron chi connectivity index (χ3n) is 2.64. The van der Waals surface area contributed by atoms with Gasteiger partial charge in [-0.15, -0.1) is 0 Å². The second-order valence-corrected chi connectivity index (χ2v) is 3.58. The quantitative estimate of drug-likeness (QED) is 0.601. The average Bonchev–Trinajstić information content (AvgIpc) is 2.03. The number of rotatable bonds is 1. The third-order valence-corrected chi connectivity index (χ3v) is 2.64. The van der Waals surface area contributed by atoms with Crippen LogP contribution in [0.1, 0.15) is 20.3 Å². The zero-order valence-electron chi connectivity index (χ0n) is 7.57. The standard InChI is InChI=1S/C10H15NO/c1-7-4-3-5-9(8(2)12)10(7)6-11/h3-4,7-10,12H,5H2,1-2H3/t7-,8-,9-,10-/m1/s1. The van der Waals surface area contributed by atoms with E-state index in [1.54, 1.807) is 6.92 Å². The van der Waals surface area contributed by atoms with Crippen molar-refractivity contribution in [2.24, 2.45) is 17.8 Å². The summed E-state index contributed by atoms with van der Waals surface area (Å²) in [5.74, 6) is 0.383. The van der Waals surface area contributed by atoms with Gasteiger partial charge in [-0.25, -0.2) is 0 Å². The first-order chi connectivity index (χ1) is 5.66. The SMILES string of the molecule is C[C@@H]1C=CC[C@H]([C@@H](C)O)[C@@H]1C#N. The summed E-state index contributed by atoms with van der Waals surface area (Å²) in [5.41, 5.74) is 0. The molecular formula is C10H15NO. The minimum absolute atomic E-state index is 0.0185. The Morgan fingerprint density at radius 1 is 1.67 bits per heavy atom. The van der Waals surface area contributed by atoms with Crippen molar-refractivity contribution in [3.63, 3.8) is 0 Å². The maximum Gasteiger partial charge on any atom is 0.0665 e. The zero-order chi connectivity index (χ0) is 9.14. The zero-order valence-corrected chi connectivity index (χ0v) is 7.57. The molecule has 0 amide bonds. The van der Waals surface area contributed by atoms with E-state index in [0.717, 1.165) is 6.42 Å².